The van der Waals surface area contributed by atoms with E-state index in [-0.39, 0.29) is 5.54 Å². The summed E-state index contributed by atoms with van der Waals surface area (Å²) in [6.07, 6.45) is 10.3. The summed E-state index contributed by atoms with van der Waals surface area (Å²) in [6.45, 7) is 3.07. The summed E-state index contributed by atoms with van der Waals surface area (Å²) in [5.41, 5.74) is 1.49. The number of hydrogen-bond acceptors (Lipinski definition) is 4. The molecule has 110 valence electrons. The number of ether oxygens (including phenoxy) is 1. The fourth-order valence-electron chi connectivity index (χ4n) is 3.65. The number of hydrogen-bond donors (Lipinski definition) is 1. The monoisotopic (exact) mass is 292 g/mol. The Hall–Kier alpha value is -0.450. The zero-order valence-corrected chi connectivity index (χ0v) is 13.1. The average Bonchev–Trinajstić information content (AvgIpc) is 3.13. The van der Waals surface area contributed by atoms with E-state index in [2.05, 4.69) is 12.2 Å². The van der Waals surface area contributed by atoms with Gasteiger partial charge in [0.15, 0.2) is 0 Å². The lowest BCUT2D eigenvalue weighted by Gasteiger charge is -2.39. The number of thiazole rings is 1. The second-order valence-electron chi connectivity index (χ2n) is 6.73. The van der Waals surface area contributed by atoms with E-state index in [1.807, 2.05) is 11.3 Å². The van der Waals surface area contributed by atoms with Gasteiger partial charge in [-0.25, -0.2) is 4.98 Å². The third-order valence-corrected chi connectivity index (χ3v) is 6.24. The third-order valence-electron chi connectivity index (χ3n) is 4.88. The molecule has 4 rings (SSSR count). The summed E-state index contributed by atoms with van der Waals surface area (Å²) >= 11 is 1.98. The molecule has 0 spiro atoms. The van der Waals surface area contributed by atoms with E-state index in [1.54, 1.807) is 4.88 Å². The van der Waals surface area contributed by atoms with Gasteiger partial charge in [-0.2, -0.15) is 0 Å². The number of nitrogens with zero attached hydrogens (tertiary/aromatic N) is 1. The van der Waals surface area contributed by atoms with Gasteiger partial charge in [-0.05, 0) is 58.3 Å². The van der Waals surface area contributed by atoms with Crippen molar-refractivity contribution in [2.45, 2.75) is 76.0 Å². The lowest BCUT2D eigenvalue weighted by Crippen LogP contribution is -2.49. The van der Waals surface area contributed by atoms with Crippen molar-refractivity contribution in [3.63, 3.8) is 0 Å². The summed E-state index contributed by atoms with van der Waals surface area (Å²) in [5.74, 6) is 0. The molecule has 2 unspecified atom stereocenters. The fourth-order valence-corrected chi connectivity index (χ4v) is 4.99. The molecule has 3 aliphatic rings. The molecule has 2 fully saturated rings. The largest absolute Gasteiger partial charge is 0.378 e. The Labute approximate surface area is 125 Å². The number of fused-ring (bicyclic) bond motifs is 1. The highest BCUT2D eigenvalue weighted by Crippen LogP contribution is 2.41. The maximum Gasteiger partial charge on any atom is 0.113 e. The zero-order chi connectivity index (χ0) is 13.6. The van der Waals surface area contributed by atoms with Crippen LogP contribution in [0.4, 0.5) is 0 Å². The average molecular weight is 292 g/mol. The van der Waals surface area contributed by atoms with E-state index in [1.165, 1.54) is 49.2 Å². The molecule has 20 heavy (non-hydrogen) atoms. The maximum absolute atomic E-state index is 5.80. The summed E-state index contributed by atoms with van der Waals surface area (Å²) in [5, 5.41) is 5.28. The molecule has 2 aliphatic carbocycles. The van der Waals surface area contributed by atoms with Crippen molar-refractivity contribution in [3.8, 4) is 0 Å². The molecule has 0 aromatic carbocycles. The van der Waals surface area contributed by atoms with Gasteiger partial charge in [0.2, 0.25) is 0 Å². The number of aryl methyl sites for hydroxylation is 2. The zero-order valence-electron chi connectivity index (χ0n) is 12.3. The van der Waals surface area contributed by atoms with Gasteiger partial charge in [0.1, 0.15) is 5.01 Å². The van der Waals surface area contributed by atoms with Gasteiger partial charge in [0.25, 0.3) is 0 Å². The van der Waals surface area contributed by atoms with E-state index in [9.17, 15) is 0 Å². The lowest BCUT2D eigenvalue weighted by atomic mass is 9.87. The van der Waals surface area contributed by atoms with Crippen molar-refractivity contribution in [1.82, 2.24) is 10.3 Å². The van der Waals surface area contributed by atoms with Crippen LogP contribution in [-0.2, 0) is 23.1 Å². The summed E-state index contributed by atoms with van der Waals surface area (Å²) in [7, 11) is 0. The van der Waals surface area contributed by atoms with Gasteiger partial charge >= 0.3 is 0 Å². The molecule has 0 bridgehead atoms. The number of rotatable bonds is 3. The molecule has 1 aromatic heterocycles. The van der Waals surface area contributed by atoms with Crippen LogP contribution in [0.3, 0.4) is 0 Å². The van der Waals surface area contributed by atoms with E-state index >= 15 is 0 Å². The minimum Gasteiger partial charge on any atom is -0.378 e. The first-order chi connectivity index (χ1) is 9.75. The van der Waals surface area contributed by atoms with Gasteiger partial charge < -0.3 is 10.1 Å². The topological polar surface area (TPSA) is 34.2 Å². The van der Waals surface area contributed by atoms with Gasteiger partial charge in [-0.1, -0.05) is 0 Å². The van der Waals surface area contributed by atoms with E-state index < -0.39 is 0 Å². The number of aromatic nitrogens is 1. The van der Waals surface area contributed by atoms with Gasteiger partial charge in [0, 0.05) is 17.5 Å². The molecule has 2 atom stereocenters. The molecule has 1 N–H and O–H groups in total. The molecule has 1 saturated carbocycles. The highest BCUT2D eigenvalue weighted by Gasteiger charge is 2.43. The maximum atomic E-state index is 5.80. The van der Waals surface area contributed by atoms with Crippen molar-refractivity contribution in [1.29, 1.82) is 0 Å². The van der Waals surface area contributed by atoms with Crippen molar-refractivity contribution in [3.05, 3.63) is 15.6 Å². The molecule has 1 aromatic rings. The van der Waals surface area contributed by atoms with Crippen LogP contribution in [0.5, 0.6) is 0 Å². The second kappa shape index (κ2) is 5.08. The van der Waals surface area contributed by atoms with Gasteiger partial charge in [-0.15, -0.1) is 11.3 Å². The Bertz CT molecular complexity index is 469. The normalized spacial score (nSPS) is 34.0. The molecule has 0 amide bonds. The smallest absolute Gasteiger partial charge is 0.113 e. The summed E-state index contributed by atoms with van der Waals surface area (Å²) in [4.78, 5) is 6.62. The molecule has 1 saturated heterocycles. The summed E-state index contributed by atoms with van der Waals surface area (Å²) in [6, 6.07) is 0.723. The van der Waals surface area contributed by atoms with Crippen molar-refractivity contribution >= 4 is 11.3 Å². The second-order valence-corrected chi connectivity index (χ2v) is 7.82. The van der Waals surface area contributed by atoms with Crippen LogP contribution in [-0.4, -0.2) is 23.7 Å². The first kappa shape index (κ1) is 13.2. The summed E-state index contributed by atoms with van der Waals surface area (Å²) < 4.78 is 5.80. The minimum absolute atomic E-state index is 0.0981. The van der Waals surface area contributed by atoms with E-state index in [4.69, 9.17) is 9.72 Å². The molecule has 0 radical (unpaired) electrons. The van der Waals surface area contributed by atoms with Crippen LogP contribution < -0.4 is 5.32 Å². The first-order valence-electron chi connectivity index (χ1n) is 8.13. The quantitative estimate of drug-likeness (QED) is 0.929. The van der Waals surface area contributed by atoms with Crippen LogP contribution in [0.15, 0.2) is 0 Å². The Morgan fingerprint density at radius 3 is 2.90 bits per heavy atom. The molecule has 4 heteroatoms. The van der Waals surface area contributed by atoms with Crippen LogP contribution in [0.25, 0.3) is 0 Å². The van der Waals surface area contributed by atoms with Crippen molar-refractivity contribution in [2.24, 2.45) is 0 Å². The standard InChI is InChI=1S/C16H24N2OS/c1-11-10-16(8-9-19-11,18-12-6-7-12)15-17-13-4-2-3-5-14(13)20-15/h11-12,18H,2-10H2,1H3. The highest BCUT2D eigenvalue weighted by molar-refractivity contribution is 7.11. The van der Waals surface area contributed by atoms with Crippen LogP contribution >= 0.6 is 11.3 Å². The van der Waals surface area contributed by atoms with Crippen LogP contribution in [0.2, 0.25) is 0 Å². The van der Waals surface area contributed by atoms with Crippen molar-refractivity contribution in [2.75, 3.05) is 6.61 Å². The van der Waals surface area contributed by atoms with Crippen LogP contribution in [0, 0.1) is 0 Å². The van der Waals surface area contributed by atoms with Gasteiger partial charge in [0.05, 0.1) is 17.3 Å². The van der Waals surface area contributed by atoms with E-state index in [0.717, 1.165) is 25.5 Å². The Morgan fingerprint density at radius 1 is 1.30 bits per heavy atom. The molecule has 3 nitrogen and oxygen atoms in total. The predicted molar refractivity (Wildman–Crippen MR) is 81.2 cm³/mol. The number of nitrogens with one attached hydrogen (secondary N) is 1. The minimum atomic E-state index is 0.0981. The lowest BCUT2D eigenvalue weighted by molar-refractivity contribution is -0.0214. The highest BCUT2D eigenvalue weighted by atomic mass is 32.1. The Balaban J connectivity index is 1.67. The van der Waals surface area contributed by atoms with Crippen LogP contribution in [0.1, 0.15) is 61.0 Å². The first-order valence-corrected chi connectivity index (χ1v) is 8.95. The predicted octanol–water partition coefficient (Wildman–Crippen LogP) is 3.17. The Kier molecular flexibility index (Phi) is 3.36. The van der Waals surface area contributed by atoms with Crippen molar-refractivity contribution < 1.29 is 4.74 Å². The Morgan fingerprint density at radius 2 is 2.15 bits per heavy atom. The van der Waals surface area contributed by atoms with E-state index in [0.29, 0.717) is 6.10 Å². The SMILES string of the molecule is CC1CC(NC2CC2)(c2nc3c(s2)CCCC3)CCO1. The molecular formula is C16H24N2OS. The van der Waals surface area contributed by atoms with Gasteiger partial charge in [-0.3, -0.25) is 0 Å². The molecular weight excluding hydrogens is 268 g/mol. The molecule has 1 aliphatic heterocycles. The third kappa shape index (κ3) is 2.42. The molecule has 2 heterocycles. The fraction of sp³-hybridized carbons (Fsp3) is 0.812.